The van der Waals surface area contributed by atoms with Crippen molar-refractivity contribution in [1.29, 1.82) is 0 Å². The first-order valence-corrected chi connectivity index (χ1v) is 8.36. The first-order chi connectivity index (χ1) is 11.6. The Morgan fingerprint density at radius 2 is 1.88 bits per heavy atom. The van der Waals surface area contributed by atoms with Gasteiger partial charge in [0.05, 0.1) is 7.11 Å². The lowest BCUT2D eigenvalue weighted by Gasteiger charge is -2.10. The summed E-state index contributed by atoms with van der Waals surface area (Å²) in [4.78, 5) is 11.9. The van der Waals surface area contributed by atoms with E-state index in [9.17, 15) is 4.79 Å². The van der Waals surface area contributed by atoms with Crippen LogP contribution < -0.4 is 15.4 Å². The zero-order valence-electron chi connectivity index (χ0n) is 14.1. The molecule has 2 rings (SSSR count). The van der Waals surface area contributed by atoms with Crippen LogP contribution in [0.5, 0.6) is 5.75 Å². The van der Waals surface area contributed by atoms with Gasteiger partial charge in [0.25, 0.3) is 0 Å². The van der Waals surface area contributed by atoms with Gasteiger partial charge in [0, 0.05) is 30.2 Å². The number of carbonyl (C=O) groups is 1. The molecule has 2 aromatic rings. The normalized spacial score (nSPS) is 10.3. The predicted octanol–water partition coefficient (Wildman–Crippen LogP) is 3.82. The minimum absolute atomic E-state index is 0.0377. The van der Waals surface area contributed by atoms with Gasteiger partial charge in [-0.15, -0.1) is 0 Å². The zero-order chi connectivity index (χ0) is 17.4. The van der Waals surface area contributed by atoms with E-state index in [1.807, 2.05) is 49.4 Å². The lowest BCUT2D eigenvalue weighted by Crippen LogP contribution is -2.27. The summed E-state index contributed by atoms with van der Waals surface area (Å²) in [6.45, 7) is 3.21. The number of carbonyl (C=O) groups excluding carboxylic acids is 1. The molecule has 2 aromatic carbocycles. The van der Waals surface area contributed by atoms with Gasteiger partial charge in [-0.05, 0) is 48.7 Å². The summed E-state index contributed by atoms with van der Waals surface area (Å²) in [6, 6.07) is 13.6. The van der Waals surface area contributed by atoms with Gasteiger partial charge >= 0.3 is 0 Å². The molecular formula is C19H23ClN2O2. The quantitative estimate of drug-likeness (QED) is 0.764. The van der Waals surface area contributed by atoms with Crippen molar-refractivity contribution in [3.8, 4) is 5.75 Å². The number of ether oxygens (including phenoxy) is 1. The number of amides is 1. The van der Waals surface area contributed by atoms with Gasteiger partial charge < -0.3 is 15.4 Å². The van der Waals surface area contributed by atoms with E-state index in [-0.39, 0.29) is 5.91 Å². The van der Waals surface area contributed by atoms with Crippen molar-refractivity contribution >= 4 is 23.2 Å². The highest BCUT2D eigenvalue weighted by atomic mass is 35.5. The molecule has 0 aliphatic rings. The molecule has 2 N–H and O–H groups in total. The van der Waals surface area contributed by atoms with Crippen molar-refractivity contribution in [1.82, 2.24) is 5.32 Å². The highest BCUT2D eigenvalue weighted by Gasteiger charge is 2.03. The van der Waals surface area contributed by atoms with E-state index in [4.69, 9.17) is 16.3 Å². The van der Waals surface area contributed by atoms with Crippen LogP contribution in [-0.4, -0.2) is 26.1 Å². The van der Waals surface area contributed by atoms with Crippen molar-refractivity contribution < 1.29 is 9.53 Å². The van der Waals surface area contributed by atoms with Crippen LogP contribution in [0.25, 0.3) is 0 Å². The van der Waals surface area contributed by atoms with Crippen LogP contribution in [0.15, 0.2) is 42.5 Å². The minimum atomic E-state index is 0.0377. The van der Waals surface area contributed by atoms with E-state index in [0.29, 0.717) is 24.5 Å². The molecule has 24 heavy (non-hydrogen) atoms. The SMILES string of the molecule is COc1ccc(CCNC(=O)CCNc2cc(Cl)ccc2C)cc1. The second-order valence-corrected chi connectivity index (χ2v) is 6.02. The first-order valence-electron chi connectivity index (χ1n) is 7.98. The van der Waals surface area contributed by atoms with E-state index in [1.54, 1.807) is 7.11 Å². The molecule has 0 fully saturated rings. The summed E-state index contributed by atoms with van der Waals surface area (Å²) in [5, 5.41) is 6.87. The Hall–Kier alpha value is -2.20. The molecule has 0 aliphatic heterocycles. The molecule has 0 bridgehead atoms. The maximum absolute atomic E-state index is 11.9. The summed E-state index contributed by atoms with van der Waals surface area (Å²) < 4.78 is 5.12. The number of nitrogens with one attached hydrogen (secondary N) is 2. The Morgan fingerprint density at radius 3 is 2.58 bits per heavy atom. The molecule has 128 valence electrons. The van der Waals surface area contributed by atoms with Gasteiger partial charge in [-0.25, -0.2) is 0 Å². The van der Waals surface area contributed by atoms with Crippen molar-refractivity contribution in [3.05, 3.63) is 58.6 Å². The van der Waals surface area contributed by atoms with E-state index in [0.717, 1.165) is 23.4 Å². The van der Waals surface area contributed by atoms with Crippen LogP contribution in [0.2, 0.25) is 5.02 Å². The summed E-state index contributed by atoms with van der Waals surface area (Å²) in [6.07, 6.45) is 1.23. The van der Waals surface area contributed by atoms with Crippen molar-refractivity contribution in [2.24, 2.45) is 0 Å². The fourth-order valence-electron chi connectivity index (χ4n) is 2.32. The summed E-state index contributed by atoms with van der Waals surface area (Å²) in [7, 11) is 1.65. The lowest BCUT2D eigenvalue weighted by atomic mass is 10.1. The molecule has 4 nitrogen and oxygen atoms in total. The molecule has 1 amide bonds. The average Bonchev–Trinajstić information content (AvgIpc) is 2.58. The molecule has 0 heterocycles. The Kier molecular flexibility index (Phi) is 6.94. The number of halogens is 1. The van der Waals surface area contributed by atoms with Crippen molar-refractivity contribution in [2.45, 2.75) is 19.8 Å². The number of methoxy groups -OCH3 is 1. The van der Waals surface area contributed by atoms with Gasteiger partial charge in [0.1, 0.15) is 5.75 Å². The van der Waals surface area contributed by atoms with Crippen LogP contribution in [0.3, 0.4) is 0 Å². The Balaban J connectivity index is 1.67. The largest absolute Gasteiger partial charge is 0.497 e. The van der Waals surface area contributed by atoms with E-state index in [2.05, 4.69) is 10.6 Å². The highest BCUT2D eigenvalue weighted by molar-refractivity contribution is 6.30. The second-order valence-electron chi connectivity index (χ2n) is 5.58. The Bertz CT molecular complexity index is 672. The molecule has 0 spiro atoms. The van der Waals surface area contributed by atoms with Crippen LogP contribution in [0.4, 0.5) is 5.69 Å². The van der Waals surface area contributed by atoms with E-state index >= 15 is 0 Å². The number of hydrogen-bond donors (Lipinski definition) is 2. The molecule has 5 heteroatoms. The maximum atomic E-state index is 11.9. The third-order valence-corrected chi connectivity index (χ3v) is 4.00. The second kappa shape index (κ2) is 9.18. The summed E-state index contributed by atoms with van der Waals surface area (Å²) in [5.41, 5.74) is 3.25. The topological polar surface area (TPSA) is 50.4 Å². The molecule has 0 atom stereocenters. The number of hydrogen-bond acceptors (Lipinski definition) is 3. The third-order valence-electron chi connectivity index (χ3n) is 3.76. The molecule has 0 saturated heterocycles. The van der Waals surface area contributed by atoms with E-state index in [1.165, 1.54) is 5.56 Å². The zero-order valence-corrected chi connectivity index (χ0v) is 14.8. The fourth-order valence-corrected chi connectivity index (χ4v) is 2.49. The predicted molar refractivity (Wildman–Crippen MR) is 99.0 cm³/mol. The molecule has 0 unspecified atom stereocenters. The first kappa shape index (κ1) is 18.1. The Morgan fingerprint density at radius 1 is 1.12 bits per heavy atom. The summed E-state index contributed by atoms with van der Waals surface area (Å²) in [5.74, 6) is 0.876. The standard InChI is InChI=1S/C19H23ClN2O2/c1-14-3-6-16(20)13-18(14)21-12-10-19(23)22-11-9-15-4-7-17(24-2)8-5-15/h3-8,13,21H,9-12H2,1-2H3,(H,22,23). The van der Waals surface area contributed by atoms with Crippen LogP contribution >= 0.6 is 11.6 Å². The van der Waals surface area contributed by atoms with Crippen LogP contribution in [-0.2, 0) is 11.2 Å². The smallest absolute Gasteiger partial charge is 0.221 e. The van der Waals surface area contributed by atoms with Gasteiger partial charge in [0.2, 0.25) is 5.91 Å². The molecule has 0 aromatic heterocycles. The Labute approximate surface area is 148 Å². The number of aryl methyl sites for hydroxylation is 1. The van der Waals surface area contributed by atoms with Crippen LogP contribution in [0.1, 0.15) is 17.5 Å². The van der Waals surface area contributed by atoms with Crippen molar-refractivity contribution in [2.75, 3.05) is 25.5 Å². The van der Waals surface area contributed by atoms with Gasteiger partial charge in [-0.1, -0.05) is 29.8 Å². The fraction of sp³-hybridized carbons (Fsp3) is 0.316. The molecule has 0 radical (unpaired) electrons. The number of rotatable bonds is 8. The van der Waals surface area contributed by atoms with Crippen LogP contribution in [0, 0.1) is 6.92 Å². The minimum Gasteiger partial charge on any atom is -0.497 e. The van der Waals surface area contributed by atoms with Crippen molar-refractivity contribution in [3.63, 3.8) is 0 Å². The molecular weight excluding hydrogens is 324 g/mol. The van der Waals surface area contributed by atoms with Gasteiger partial charge in [0.15, 0.2) is 0 Å². The maximum Gasteiger partial charge on any atom is 0.221 e. The molecule has 0 saturated carbocycles. The number of benzene rings is 2. The van der Waals surface area contributed by atoms with Gasteiger partial charge in [-0.3, -0.25) is 4.79 Å². The third kappa shape index (κ3) is 5.78. The van der Waals surface area contributed by atoms with E-state index < -0.39 is 0 Å². The van der Waals surface area contributed by atoms with Gasteiger partial charge in [-0.2, -0.15) is 0 Å². The summed E-state index contributed by atoms with van der Waals surface area (Å²) >= 11 is 5.98. The average molecular weight is 347 g/mol. The highest BCUT2D eigenvalue weighted by Crippen LogP contribution is 2.19. The monoisotopic (exact) mass is 346 g/mol. The number of anilines is 1. The lowest BCUT2D eigenvalue weighted by molar-refractivity contribution is -0.120. The molecule has 0 aliphatic carbocycles.